The molecular weight excluding hydrogens is 332 g/mol. The van der Waals surface area contributed by atoms with Crippen LogP contribution in [0.5, 0.6) is 0 Å². The third kappa shape index (κ3) is 3.43. The summed E-state index contributed by atoms with van der Waals surface area (Å²) in [4.78, 5) is 16.7. The van der Waals surface area contributed by atoms with Crippen LogP contribution in [0.1, 0.15) is 25.1 Å². The molecule has 7 heteroatoms. The predicted octanol–water partition coefficient (Wildman–Crippen LogP) is 3.40. The fourth-order valence-electron chi connectivity index (χ4n) is 2.28. The number of thioether (sulfide) groups is 1. The van der Waals surface area contributed by atoms with E-state index in [-0.39, 0.29) is 5.56 Å². The zero-order valence-electron chi connectivity index (χ0n) is 13.2. The van der Waals surface area contributed by atoms with E-state index < -0.39 is 0 Å². The normalized spacial score (nSPS) is 11.5. The minimum Gasteiger partial charge on any atom is -0.283 e. The molecule has 0 atom stereocenters. The molecule has 2 heterocycles. The second-order valence-electron chi connectivity index (χ2n) is 5.61. The molecular formula is C16H17ClN4OS. The Morgan fingerprint density at radius 3 is 2.61 bits per heavy atom. The van der Waals surface area contributed by atoms with E-state index in [0.29, 0.717) is 28.3 Å². The summed E-state index contributed by atoms with van der Waals surface area (Å²) in [5, 5.41) is 6.29. The van der Waals surface area contributed by atoms with Gasteiger partial charge in [0.2, 0.25) is 5.78 Å². The van der Waals surface area contributed by atoms with Crippen LogP contribution in [0, 0.1) is 6.92 Å². The Bertz CT molecular complexity index is 899. The van der Waals surface area contributed by atoms with Crippen molar-refractivity contribution < 1.29 is 0 Å². The molecule has 2 aromatic heterocycles. The van der Waals surface area contributed by atoms with Crippen LogP contribution in [0.4, 0.5) is 0 Å². The first-order valence-electron chi connectivity index (χ1n) is 7.32. The van der Waals surface area contributed by atoms with Gasteiger partial charge in [-0.1, -0.05) is 49.3 Å². The zero-order valence-corrected chi connectivity index (χ0v) is 14.7. The van der Waals surface area contributed by atoms with E-state index >= 15 is 0 Å². The zero-order chi connectivity index (χ0) is 16.6. The molecule has 3 aromatic rings. The molecule has 0 bridgehead atoms. The van der Waals surface area contributed by atoms with Crippen molar-refractivity contribution in [2.75, 3.05) is 0 Å². The van der Waals surface area contributed by atoms with Crippen molar-refractivity contribution in [1.82, 2.24) is 19.2 Å². The summed E-state index contributed by atoms with van der Waals surface area (Å²) in [6.07, 6.45) is 0. The van der Waals surface area contributed by atoms with Crippen LogP contribution < -0.4 is 5.56 Å². The summed E-state index contributed by atoms with van der Waals surface area (Å²) in [6.45, 7) is 6.60. The van der Waals surface area contributed by atoms with Gasteiger partial charge in [-0.2, -0.15) is 4.52 Å². The summed E-state index contributed by atoms with van der Waals surface area (Å²) >= 11 is 7.56. The number of hydrogen-bond donors (Lipinski definition) is 0. The van der Waals surface area contributed by atoms with Crippen LogP contribution in [0.15, 0.2) is 40.3 Å². The minimum absolute atomic E-state index is 0.159. The maximum atomic E-state index is 12.2. The summed E-state index contributed by atoms with van der Waals surface area (Å²) in [5.74, 6) is 0.563. The fraction of sp³-hybridized carbons (Fsp3) is 0.312. The number of nitrogens with zero attached hydrogens (tertiary/aromatic N) is 4. The molecule has 0 fully saturated rings. The SMILES string of the molecule is Cc1cc(=O)n2nc(SC(C)C)n(Cc3ccc(Cl)cc3)c2n1. The average molecular weight is 349 g/mol. The largest absolute Gasteiger partial charge is 0.283 e. The van der Waals surface area contributed by atoms with Gasteiger partial charge in [-0.3, -0.25) is 9.36 Å². The Morgan fingerprint density at radius 1 is 1.26 bits per heavy atom. The molecule has 0 unspecified atom stereocenters. The van der Waals surface area contributed by atoms with Crippen LogP contribution in [0.2, 0.25) is 5.02 Å². The first-order valence-corrected chi connectivity index (χ1v) is 8.58. The van der Waals surface area contributed by atoms with Crippen molar-refractivity contribution in [2.45, 2.75) is 37.7 Å². The van der Waals surface area contributed by atoms with E-state index in [1.54, 1.807) is 11.8 Å². The van der Waals surface area contributed by atoms with Gasteiger partial charge in [0, 0.05) is 22.0 Å². The Kier molecular flexibility index (Phi) is 4.46. The Hall–Kier alpha value is -1.79. The van der Waals surface area contributed by atoms with Gasteiger partial charge in [0.25, 0.3) is 5.56 Å². The van der Waals surface area contributed by atoms with Crippen molar-refractivity contribution in [3.05, 3.63) is 57.0 Å². The van der Waals surface area contributed by atoms with Crippen molar-refractivity contribution in [3.8, 4) is 0 Å². The van der Waals surface area contributed by atoms with Gasteiger partial charge in [-0.25, -0.2) is 4.98 Å². The number of rotatable bonds is 4. The van der Waals surface area contributed by atoms with Gasteiger partial charge in [0.05, 0.1) is 6.54 Å². The van der Waals surface area contributed by atoms with Gasteiger partial charge in [-0.15, -0.1) is 5.10 Å². The van der Waals surface area contributed by atoms with Gasteiger partial charge in [-0.05, 0) is 24.6 Å². The summed E-state index contributed by atoms with van der Waals surface area (Å²) in [6, 6.07) is 9.15. The maximum absolute atomic E-state index is 12.2. The molecule has 0 saturated carbocycles. The van der Waals surface area contributed by atoms with E-state index in [0.717, 1.165) is 10.7 Å². The first kappa shape index (κ1) is 16.1. The number of aromatic nitrogens is 4. The summed E-state index contributed by atoms with van der Waals surface area (Å²) < 4.78 is 3.34. The first-order chi connectivity index (χ1) is 10.9. The topological polar surface area (TPSA) is 52.2 Å². The van der Waals surface area contributed by atoms with E-state index in [2.05, 4.69) is 23.9 Å². The Labute approximate surface area is 143 Å². The average Bonchev–Trinajstić information content (AvgIpc) is 2.79. The maximum Gasteiger partial charge on any atom is 0.275 e. The lowest BCUT2D eigenvalue weighted by atomic mass is 10.2. The molecule has 0 aliphatic heterocycles. The minimum atomic E-state index is -0.159. The fourth-order valence-corrected chi connectivity index (χ4v) is 3.23. The Balaban J connectivity index is 2.15. The van der Waals surface area contributed by atoms with Crippen LogP contribution in [-0.4, -0.2) is 24.4 Å². The highest BCUT2D eigenvalue weighted by atomic mass is 35.5. The molecule has 5 nitrogen and oxygen atoms in total. The lowest BCUT2D eigenvalue weighted by molar-refractivity contribution is 0.718. The van der Waals surface area contributed by atoms with Crippen molar-refractivity contribution >= 4 is 29.1 Å². The molecule has 0 amide bonds. The predicted molar refractivity (Wildman–Crippen MR) is 93.5 cm³/mol. The smallest absolute Gasteiger partial charge is 0.275 e. The number of fused-ring (bicyclic) bond motifs is 1. The molecule has 120 valence electrons. The lowest BCUT2D eigenvalue weighted by Crippen LogP contribution is -2.15. The number of aryl methyl sites for hydroxylation is 1. The molecule has 0 radical (unpaired) electrons. The Morgan fingerprint density at radius 2 is 1.96 bits per heavy atom. The van der Waals surface area contributed by atoms with E-state index in [1.165, 1.54) is 10.6 Å². The third-order valence-corrected chi connectivity index (χ3v) is 4.50. The molecule has 1 aromatic carbocycles. The van der Waals surface area contributed by atoms with E-state index in [4.69, 9.17) is 11.6 Å². The molecule has 0 aliphatic carbocycles. The van der Waals surface area contributed by atoms with Gasteiger partial charge in [0.1, 0.15) is 0 Å². The van der Waals surface area contributed by atoms with Crippen molar-refractivity contribution in [3.63, 3.8) is 0 Å². The van der Waals surface area contributed by atoms with Crippen molar-refractivity contribution in [1.29, 1.82) is 0 Å². The highest BCUT2D eigenvalue weighted by molar-refractivity contribution is 7.99. The van der Waals surface area contributed by atoms with Crippen LogP contribution in [0.3, 0.4) is 0 Å². The lowest BCUT2D eigenvalue weighted by Gasteiger charge is -2.09. The quantitative estimate of drug-likeness (QED) is 0.678. The third-order valence-electron chi connectivity index (χ3n) is 3.26. The van der Waals surface area contributed by atoms with Gasteiger partial charge < -0.3 is 0 Å². The second kappa shape index (κ2) is 6.37. The van der Waals surface area contributed by atoms with Crippen LogP contribution in [-0.2, 0) is 6.54 Å². The second-order valence-corrected chi connectivity index (χ2v) is 7.59. The molecule has 0 saturated heterocycles. The molecule has 23 heavy (non-hydrogen) atoms. The van der Waals surface area contributed by atoms with Gasteiger partial charge >= 0.3 is 0 Å². The van der Waals surface area contributed by atoms with E-state index in [9.17, 15) is 4.79 Å². The molecule has 3 rings (SSSR count). The molecule has 0 spiro atoms. The number of benzene rings is 1. The summed E-state index contributed by atoms with van der Waals surface area (Å²) in [5.41, 5.74) is 1.61. The highest BCUT2D eigenvalue weighted by Gasteiger charge is 2.16. The standard InChI is InChI=1S/C16H17ClN4OS/c1-10(2)23-16-19-21-14(22)8-11(3)18-15(21)20(16)9-12-4-6-13(17)7-5-12/h4-8,10H,9H2,1-3H3. The summed E-state index contributed by atoms with van der Waals surface area (Å²) in [7, 11) is 0. The molecule has 0 N–H and O–H groups in total. The van der Waals surface area contributed by atoms with E-state index in [1.807, 2.05) is 35.8 Å². The highest BCUT2D eigenvalue weighted by Crippen LogP contribution is 2.23. The van der Waals surface area contributed by atoms with Crippen molar-refractivity contribution in [2.24, 2.45) is 0 Å². The number of hydrogen-bond acceptors (Lipinski definition) is 4. The number of halogens is 1. The van der Waals surface area contributed by atoms with Crippen LogP contribution >= 0.6 is 23.4 Å². The monoisotopic (exact) mass is 348 g/mol. The van der Waals surface area contributed by atoms with Gasteiger partial charge in [0.15, 0.2) is 5.16 Å². The molecule has 0 aliphatic rings. The van der Waals surface area contributed by atoms with Crippen LogP contribution in [0.25, 0.3) is 5.78 Å².